The quantitative estimate of drug-likeness (QED) is 0.503. The third kappa shape index (κ3) is 3.39. The largest absolute Gasteiger partial charge is 0.493 e. The van der Waals surface area contributed by atoms with E-state index in [-0.39, 0.29) is 10.8 Å². The molecule has 166 valence electrons. The van der Waals surface area contributed by atoms with Crippen molar-refractivity contribution in [2.45, 2.75) is 49.0 Å². The molecular formula is C26H27NO3S2. The number of aromatic nitrogens is 1. The van der Waals surface area contributed by atoms with E-state index < -0.39 is 0 Å². The minimum absolute atomic E-state index is 0.0601. The molecule has 0 radical (unpaired) electrons. The van der Waals surface area contributed by atoms with Crippen molar-refractivity contribution >= 4 is 23.1 Å². The number of ether oxygens (including phenoxy) is 2. The van der Waals surface area contributed by atoms with Crippen LogP contribution in [0.5, 0.6) is 11.5 Å². The molecule has 2 aliphatic carbocycles. The molecule has 4 unspecified atom stereocenters. The highest BCUT2D eigenvalue weighted by Crippen LogP contribution is 2.63. The van der Waals surface area contributed by atoms with Crippen molar-refractivity contribution in [1.29, 1.82) is 0 Å². The summed E-state index contributed by atoms with van der Waals surface area (Å²) in [6.45, 7) is 2.60. The first-order valence-corrected chi connectivity index (χ1v) is 13.1. The van der Waals surface area contributed by atoms with Crippen LogP contribution in [-0.4, -0.2) is 17.3 Å². The van der Waals surface area contributed by atoms with Gasteiger partial charge in [-0.15, -0.1) is 11.8 Å². The Labute approximate surface area is 196 Å². The van der Waals surface area contributed by atoms with Gasteiger partial charge in [-0.05, 0) is 67.2 Å². The van der Waals surface area contributed by atoms with E-state index >= 15 is 0 Å². The van der Waals surface area contributed by atoms with Gasteiger partial charge >= 0.3 is 4.87 Å². The van der Waals surface area contributed by atoms with Gasteiger partial charge in [-0.3, -0.25) is 4.79 Å². The number of hydrogen-bond acceptors (Lipinski definition) is 5. The van der Waals surface area contributed by atoms with Crippen LogP contribution < -0.4 is 14.3 Å². The molecule has 32 heavy (non-hydrogen) atoms. The van der Waals surface area contributed by atoms with Gasteiger partial charge in [0, 0.05) is 16.0 Å². The third-order valence-corrected chi connectivity index (χ3v) is 10.1. The van der Waals surface area contributed by atoms with Gasteiger partial charge in [-0.25, -0.2) is 0 Å². The van der Waals surface area contributed by atoms with Crippen molar-refractivity contribution in [3.8, 4) is 11.5 Å². The van der Waals surface area contributed by atoms with E-state index in [1.54, 1.807) is 7.11 Å². The third-order valence-electron chi connectivity index (χ3n) is 7.49. The molecule has 6 rings (SSSR count). The molecule has 2 heterocycles. The number of nitrogens with one attached hydrogen (secondary N) is 1. The molecule has 1 aliphatic heterocycles. The molecule has 5 atom stereocenters. The van der Waals surface area contributed by atoms with Crippen molar-refractivity contribution in [1.82, 2.24) is 4.98 Å². The zero-order valence-electron chi connectivity index (χ0n) is 18.3. The summed E-state index contributed by atoms with van der Waals surface area (Å²) in [5, 5.41) is 1.71. The number of thioether (sulfide) groups is 1. The first kappa shape index (κ1) is 20.4. The highest BCUT2D eigenvalue weighted by molar-refractivity contribution is 8.00. The fourth-order valence-corrected chi connectivity index (χ4v) is 9.08. The van der Waals surface area contributed by atoms with Crippen LogP contribution in [0.25, 0.3) is 0 Å². The Balaban J connectivity index is 1.34. The molecule has 0 saturated heterocycles. The number of H-pyrrole nitrogens is 1. The second kappa shape index (κ2) is 7.99. The number of rotatable bonds is 5. The summed E-state index contributed by atoms with van der Waals surface area (Å²) in [6.07, 6.45) is 4.00. The van der Waals surface area contributed by atoms with Crippen LogP contribution in [0, 0.1) is 24.7 Å². The minimum Gasteiger partial charge on any atom is -0.493 e. The molecule has 2 saturated carbocycles. The molecule has 6 heteroatoms. The number of aromatic amines is 1. The van der Waals surface area contributed by atoms with Crippen LogP contribution >= 0.6 is 23.1 Å². The zero-order valence-corrected chi connectivity index (χ0v) is 19.9. The Morgan fingerprint density at radius 1 is 1.09 bits per heavy atom. The number of methoxy groups -OCH3 is 1. The van der Waals surface area contributed by atoms with Crippen LogP contribution in [0.3, 0.4) is 0 Å². The lowest BCUT2D eigenvalue weighted by Crippen LogP contribution is -2.33. The van der Waals surface area contributed by atoms with Crippen LogP contribution in [-0.2, 0) is 6.61 Å². The fourth-order valence-electron chi connectivity index (χ4n) is 6.18. The summed E-state index contributed by atoms with van der Waals surface area (Å²) >= 11 is 3.32. The summed E-state index contributed by atoms with van der Waals surface area (Å²) in [5.41, 5.74) is 3.61. The smallest absolute Gasteiger partial charge is 0.305 e. The Hall–Kier alpha value is -2.18. The number of hydrogen-bond donors (Lipinski definition) is 1. The second-order valence-electron chi connectivity index (χ2n) is 9.37. The van der Waals surface area contributed by atoms with E-state index in [0.717, 1.165) is 33.9 Å². The molecule has 2 fully saturated rings. The lowest BCUT2D eigenvalue weighted by molar-refractivity contribution is 0.282. The number of benzene rings is 2. The van der Waals surface area contributed by atoms with Crippen LogP contribution in [0.1, 0.15) is 46.7 Å². The summed E-state index contributed by atoms with van der Waals surface area (Å²) in [7, 11) is 1.70. The van der Waals surface area contributed by atoms with Crippen molar-refractivity contribution in [3.63, 3.8) is 0 Å². The average molecular weight is 466 g/mol. The van der Waals surface area contributed by atoms with Gasteiger partial charge in [-0.2, -0.15) is 0 Å². The Morgan fingerprint density at radius 3 is 2.81 bits per heavy atom. The normalized spacial score (nSPS) is 27.8. The van der Waals surface area contributed by atoms with E-state index in [1.807, 2.05) is 17.8 Å². The van der Waals surface area contributed by atoms with Crippen molar-refractivity contribution in [3.05, 3.63) is 73.7 Å². The molecule has 4 nitrogen and oxygen atoms in total. The van der Waals surface area contributed by atoms with Gasteiger partial charge < -0.3 is 14.5 Å². The topological polar surface area (TPSA) is 51.3 Å². The highest BCUT2D eigenvalue weighted by Gasteiger charge is 2.54. The standard InChI is InChI=1S/C26H27NO3S2/c1-14-4-3-5-15(10-14)13-30-19-9-8-17(12-20(19)29-2)22-21-16-6-7-18(11-16)23(21)31-25-24(22)32-26(28)27-25/h3-5,8-10,12,16,18,21-23H,6-7,11,13H2,1-2H3,(H,27,28)/t16?,18?,21?,22-,23?/m1/s1. The molecule has 1 N–H and O–H groups in total. The molecule has 0 amide bonds. The molecule has 1 aromatic heterocycles. The number of fused-ring (bicyclic) bond motifs is 6. The molecular weight excluding hydrogens is 438 g/mol. The first-order chi connectivity index (χ1) is 15.6. The fraction of sp³-hybridized carbons (Fsp3) is 0.423. The lowest BCUT2D eigenvalue weighted by atomic mass is 9.75. The van der Waals surface area contributed by atoms with E-state index in [0.29, 0.717) is 17.8 Å². The summed E-state index contributed by atoms with van der Waals surface area (Å²) < 4.78 is 11.9. The maximum Gasteiger partial charge on any atom is 0.305 e. The number of aryl methyl sites for hydroxylation is 1. The molecule has 2 aromatic carbocycles. The van der Waals surface area contributed by atoms with E-state index in [9.17, 15) is 4.79 Å². The Morgan fingerprint density at radius 2 is 1.97 bits per heavy atom. The highest BCUT2D eigenvalue weighted by atomic mass is 32.2. The van der Waals surface area contributed by atoms with Gasteiger partial charge in [0.15, 0.2) is 11.5 Å². The van der Waals surface area contributed by atoms with Gasteiger partial charge in [-0.1, -0.05) is 47.2 Å². The van der Waals surface area contributed by atoms with Crippen LogP contribution in [0.15, 0.2) is 52.3 Å². The monoisotopic (exact) mass is 465 g/mol. The Kier molecular flexibility index (Phi) is 5.10. The van der Waals surface area contributed by atoms with Gasteiger partial charge in [0.1, 0.15) is 6.61 Å². The SMILES string of the molecule is COc1cc([C@H]2c3sc(=O)[nH]c3SC3C4CCC(C4)C32)ccc1OCc1cccc(C)c1. The zero-order chi connectivity index (χ0) is 21.8. The van der Waals surface area contributed by atoms with E-state index in [1.165, 1.54) is 46.6 Å². The molecule has 3 aliphatic rings. The summed E-state index contributed by atoms with van der Waals surface area (Å²) in [5.74, 6) is 3.92. The predicted octanol–water partition coefficient (Wildman–Crippen LogP) is 5.98. The average Bonchev–Trinajstić information content (AvgIpc) is 3.50. The minimum atomic E-state index is 0.0601. The van der Waals surface area contributed by atoms with E-state index in [4.69, 9.17) is 9.47 Å². The van der Waals surface area contributed by atoms with Crippen molar-refractivity contribution < 1.29 is 9.47 Å². The van der Waals surface area contributed by atoms with Crippen LogP contribution in [0.2, 0.25) is 0 Å². The maximum absolute atomic E-state index is 12.3. The van der Waals surface area contributed by atoms with Gasteiger partial charge in [0.2, 0.25) is 0 Å². The molecule has 3 aromatic rings. The molecule has 2 bridgehead atoms. The predicted molar refractivity (Wildman–Crippen MR) is 129 cm³/mol. The Bertz CT molecular complexity index is 1220. The summed E-state index contributed by atoms with van der Waals surface area (Å²) in [4.78, 5) is 16.7. The molecule has 0 spiro atoms. The van der Waals surface area contributed by atoms with Crippen molar-refractivity contribution in [2.24, 2.45) is 17.8 Å². The van der Waals surface area contributed by atoms with E-state index in [2.05, 4.69) is 48.3 Å². The van der Waals surface area contributed by atoms with Crippen molar-refractivity contribution in [2.75, 3.05) is 7.11 Å². The lowest BCUT2D eigenvalue weighted by Gasteiger charge is -2.40. The second-order valence-corrected chi connectivity index (χ2v) is 11.6. The van der Waals surface area contributed by atoms with Gasteiger partial charge in [0.25, 0.3) is 0 Å². The maximum atomic E-state index is 12.3. The number of thiazole rings is 1. The first-order valence-electron chi connectivity index (χ1n) is 11.4. The summed E-state index contributed by atoms with van der Waals surface area (Å²) in [6, 6.07) is 14.7. The van der Waals surface area contributed by atoms with Crippen LogP contribution in [0.4, 0.5) is 0 Å². The van der Waals surface area contributed by atoms with Gasteiger partial charge in [0.05, 0.1) is 12.1 Å².